The van der Waals surface area contributed by atoms with E-state index in [1.165, 1.54) is 5.56 Å². The fourth-order valence-electron chi connectivity index (χ4n) is 2.74. The molecule has 1 aromatic heterocycles. The molecule has 3 rings (SSSR count). The first-order chi connectivity index (χ1) is 10.7. The molecule has 116 valence electrons. The third kappa shape index (κ3) is 3.68. The normalized spacial score (nSPS) is 19.0. The molecule has 0 radical (unpaired) electrons. The fourth-order valence-corrected chi connectivity index (χ4v) is 4.34. The predicted molar refractivity (Wildman–Crippen MR) is 92.3 cm³/mol. The Hall–Kier alpha value is -1.39. The molecule has 22 heavy (non-hydrogen) atoms. The summed E-state index contributed by atoms with van der Waals surface area (Å²) in [6.45, 7) is 2.03. The first-order valence-corrected chi connectivity index (χ1v) is 8.91. The van der Waals surface area contributed by atoms with Gasteiger partial charge >= 0.3 is 0 Å². The van der Waals surface area contributed by atoms with Gasteiger partial charge in [-0.25, -0.2) is 0 Å². The van der Waals surface area contributed by atoms with E-state index in [2.05, 4.69) is 6.07 Å². The van der Waals surface area contributed by atoms with Gasteiger partial charge in [0.1, 0.15) is 6.54 Å². The van der Waals surface area contributed by atoms with Gasteiger partial charge in [-0.1, -0.05) is 29.8 Å². The molecule has 0 aliphatic carbocycles. The minimum atomic E-state index is 0.191. The summed E-state index contributed by atoms with van der Waals surface area (Å²) < 4.78 is 1.92. The number of benzene rings is 1. The molecule has 0 N–H and O–H groups in total. The average Bonchev–Trinajstić information content (AvgIpc) is 2.90. The molecule has 1 aliphatic rings. The second-order valence-corrected chi connectivity index (χ2v) is 7.12. The summed E-state index contributed by atoms with van der Waals surface area (Å²) >= 11 is 8.20. The lowest BCUT2D eigenvalue weighted by Crippen LogP contribution is -2.35. The molecule has 1 aliphatic heterocycles. The second kappa shape index (κ2) is 7.25. The molecule has 2 aromatic rings. The van der Waals surface area contributed by atoms with E-state index in [9.17, 15) is 4.79 Å². The van der Waals surface area contributed by atoms with Crippen LogP contribution in [0.15, 0.2) is 48.8 Å². The van der Waals surface area contributed by atoms with Gasteiger partial charge < -0.3 is 9.47 Å². The highest BCUT2D eigenvalue weighted by Gasteiger charge is 2.23. The highest BCUT2D eigenvalue weighted by Crippen LogP contribution is 2.37. The lowest BCUT2D eigenvalue weighted by Gasteiger charge is -2.20. The molecule has 3 nitrogen and oxygen atoms in total. The number of thioether (sulfide) groups is 1. The zero-order valence-electron chi connectivity index (χ0n) is 12.3. The van der Waals surface area contributed by atoms with Gasteiger partial charge in [0.2, 0.25) is 5.91 Å². The van der Waals surface area contributed by atoms with E-state index in [0.717, 1.165) is 30.3 Å². The molecule has 0 unspecified atom stereocenters. The maximum Gasteiger partial charge on any atom is 0.242 e. The molecule has 2 heterocycles. The maximum absolute atomic E-state index is 12.4. The van der Waals surface area contributed by atoms with Crippen LogP contribution < -0.4 is 0 Å². The monoisotopic (exact) mass is 334 g/mol. The van der Waals surface area contributed by atoms with Crippen LogP contribution in [0.25, 0.3) is 0 Å². The van der Waals surface area contributed by atoms with E-state index < -0.39 is 0 Å². The van der Waals surface area contributed by atoms with Crippen LogP contribution in [-0.4, -0.2) is 34.2 Å². The van der Waals surface area contributed by atoms with Crippen molar-refractivity contribution in [2.75, 3.05) is 18.8 Å². The summed E-state index contributed by atoms with van der Waals surface area (Å²) in [5, 5.41) is 1.20. The topological polar surface area (TPSA) is 25.2 Å². The second-order valence-electron chi connectivity index (χ2n) is 5.41. The minimum absolute atomic E-state index is 0.191. The predicted octanol–water partition coefficient (Wildman–Crippen LogP) is 3.85. The lowest BCUT2D eigenvalue weighted by molar-refractivity contribution is -0.131. The van der Waals surface area contributed by atoms with Crippen LogP contribution in [0.4, 0.5) is 0 Å². The average molecular weight is 335 g/mol. The summed E-state index contributed by atoms with van der Waals surface area (Å²) in [5.41, 5.74) is 1.19. The number of amides is 1. The Labute approximate surface area is 140 Å². The zero-order valence-corrected chi connectivity index (χ0v) is 13.9. The number of hydrogen-bond acceptors (Lipinski definition) is 2. The molecule has 0 saturated carbocycles. The molecule has 1 aromatic carbocycles. The van der Waals surface area contributed by atoms with Crippen LogP contribution >= 0.6 is 23.4 Å². The van der Waals surface area contributed by atoms with Gasteiger partial charge in [-0.15, -0.1) is 0 Å². The van der Waals surface area contributed by atoms with Crippen LogP contribution in [0, 0.1) is 0 Å². The summed E-state index contributed by atoms with van der Waals surface area (Å²) in [7, 11) is 0. The molecule has 0 bridgehead atoms. The first kappa shape index (κ1) is 15.5. The largest absolute Gasteiger partial charge is 0.345 e. The number of aromatic nitrogens is 1. The van der Waals surface area contributed by atoms with Crippen molar-refractivity contribution in [2.24, 2.45) is 0 Å². The van der Waals surface area contributed by atoms with Crippen molar-refractivity contribution in [3.8, 4) is 0 Å². The number of nitrogens with zero attached hydrogens (tertiary/aromatic N) is 2. The van der Waals surface area contributed by atoms with E-state index in [0.29, 0.717) is 11.8 Å². The standard InChI is InChI=1S/C17H19ClN2OS/c18-15-6-2-1-5-14(15)16-7-10-20(11-12-22-16)17(21)13-19-8-3-4-9-19/h1-6,8-9,16H,7,10-13H2/t16-/m0/s1. The number of halogens is 1. The van der Waals surface area contributed by atoms with Gasteiger partial charge in [-0.3, -0.25) is 4.79 Å². The maximum atomic E-state index is 12.4. The SMILES string of the molecule is O=C(Cn1cccc1)N1CCS[C@H](c2ccccc2Cl)CC1. The zero-order chi connectivity index (χ0) is 15.4. The highest BCUT2D eigenvalue weighted by atomic mass is 35.5. The molecular formula is C17H19ClN2OS. The van der Waals surface area contributed by atoms with E-state index in [-0.39, 0.29) is 5.91 Å². The Morgan fingerprint density at radius 1 is 1.18 bits per heavy atom. The highest BCUT2D eigenvalue weighted by molar-refractivity contribution is 7.99. The van der Waals surface area contributed by atoms with Crippen LogP contribution in [0.1, 0.15) is 17.2 Å². The first-order valence-electron chi connectivity index (χ1n) is 7.48. The van der Waals surface area contributed by atoms with Crippen molar-refractivity contribution in [1.29, 1.82) is 0 Å². The van der Waals surface area contributed by atoms with E-state index >= 15 is 0 Å². The number of rotatable bonds is 3. The van der Waals surface area contributed by atoms with Crippen LogP contribution in [0.3, 0.4) is 0 Å². The van der Waals surface area contributed by atoms with Crippen molar-refractivity contribution in [3.05, 3.63) is 59.4 Å². The van der Waals surface area contributed by atoms with Gasteiger partial charge in [0.05, 0.1) is 0 Å². The van der Waals surface area contributed by atoms with Gasteiger partial charge in [0.15, 0.2) is 0 Å². The van der Waals surface area contributed by atoms with Crippen molar-refractivity contribution in [1.82, 2.24) is 9.47 Å². The summed E-state index contributed by atoms with van der Waals surface area (Å²) in [5.74, 6) is 1.14. The molecule has 1 fully saturated rings. The summed E-state index contributed by atoms with van der Waals surface area (Å²) in [6, 6.07) is 11.9. The Morgan fingerprint density at radius 2 is 1.95 bits per heavy atom. The van der Waals surface area contributed by atoms with Crippen LogP contribution in [0.5, 0.6) is 0 Å². The van der Waals surface area contributed by atoms with Gasteiger partial charge in [0.25, 0.3) is 0 Å². The van der Waals surface area contributed by atoms with Crippen LogP contribution in [-0.2, 0) is 11.3 Å². The Morgan fingerprint density at radius 3 is 2.73 bits per heavy atom. The Bertz CT molecular complexity index is 629. The lowest BCUT2D eigenvalue weighted by atomic mass is 10.1. The molecule has 1 atom stereocenters. The third-order valence-electron chi connectivity index (χ3n) is 3.93. The number of hydrogen-bond donors (Lipinski definition) is 0. The molecule has 1 saturated heterocycles. The number of carbonyl (C=O) groups is 1. The van der Waals surface area contributed by atoms with E-state index in [4.69, 9.17) is 11.6 Å². The molecule has 1 amide bonds. The summed E-state index contributed by atoms with van der Waals surface area (Å²) in [4.78, 5) is 14.4. The quantitative estimate of drug-likeness (QED) is 0.852. The van der Waals surface area contributed by atoms with Crippen molar-refractivity contribution < 1.29 is 4.79 Å². The number of carbonyl (C=O) groups excluding carboxylic acids is 1. The van der Waals surface area contributed by atoms with Gasteiger partial charge in [-0.05, 0) is 30.2 Å². The van der Waals surface area contributed by atoms with Gasteiger partial charge in [0, 0.05) is 41.5 Å². The smallest absolute Gasteiger partial charge is 0.242 e. The Kier molecular flexibility index (Phi) is 5.11. The molecule has 0 spiro atoms. The van der Waals surface area contributed by atoms with Crippen molar-refractivity contribution in [3.63, 3.8) is 0 Å². The minimum Gasteiger partial charge on any atom is -0.345 e. The van der Waals surface area contributed by atoms with Gasteiger partial charge in [-0.2, -0.15) is 11.8 Å². The fraction of sp³-hybridized carbons (Fsp3) is 0.353. The third-order valence-corrected chi connectivity index (χ3v) is 5.58. The summed E-state index contributed by atoms with van der Waals surface area (Å²) in [6.07, 6.45) is 4.81. The Balaban J connectivity index is 1.62. The molecule has 5 heteroatoms. The van der Waals surface area contributed by atoms with E-state index in [1.54, 1.807) is 0 Å². The van der Waals surface area contributed by atoms with Crippen molar-refractivity contribution in [2.45, 2.75) is 18.2 Å². The van der Waals surface area contributed by atoms with Crippen LogP contribution in [0.2, 0.25) is 5.02 Å². The van der Waals surface area contributed by atoms with E-state index in [1.807, 2.05) is 64.0 Å². The molecular weight excluding hydrogens is 316 g/mol. The van der Waals surface area contributed by atoms with Crippen molar-refractivity contribution >= 4 is 29.3 Å².